The molecule has 5 heteroatoms. The van der Waals surface area contributed by atoms with E-state index < -0.39 is 13.0 Å². The third-order valence-corrected chi connectivity index (χ3v) is 13.9. The third-order valence-electron chi connectivity index (χ3n) is 9.19. The number of ether oxygens (including phenoxy) is 2. The number of fused-ring (bicyclic) bond motifs is 1. The van der Waals surface area contributed by atoms with Gasteiger partial charge in [0.15, 0.2) is 17.2 Å². The highest BCUT2D eigenvalue weighted by Gasteiger charge is 2.59. The van der Waals surface area contributed by atoms with Crippen LogP contribution in [0.1, 0.15) is 17.5 Å². The lowest BCUT2D eigenvalue weighted by Gasteiger charge is -2.32. The first-order chi connectivity index (χ1) is 22.7. The zero-order valence-corrected chi connectivity index (χ0v) is 26.2. The second kappa shape index (κ2) is 11.6. The van der Waals surface area contributed by atoms with Crippen molar-refractivity contribution in [2.75, 3.05) is 11.4 Å². The van der Waals surface area contributed by atoms with Gasteiger partial charge in [0, 0.05) is 35.8 Å². The summed E-state index contributed by atoms with van der Waals surface area (Å²) in [6, 6.07) is 57.9. The predicted octanol–water partition coefficient (Wildman–Crippen LogP) is 7.46. The van der Waals surface area contributed by atoms with Crippen LogP contribution >= 0.6 is 7.26 Å². The molecule has 2 aliphatic rings. The molecule has 6 aromatic rings. The minimum absolute atomic E-state index is 0.140. The fourth-order valence-corrected chi connectivity index (χ4v) is 12.0. The second-order valence-electron chi connectivity index (χ2n) is 11.7. The number of amides is 1. The van der Waals surface area contributed by atoms with Gasteiger partial charge in [-0.1, -0.05) is 115 Å². The molecule has 46 heavy (non-hydrogen) atoms. The van der Waals surface area contributed by atoms with E-state index in [9.17, 15) is 4.79 Å². The molecule has 2 heterocycles. The second-order valence-corrected chi connectivity index (χ2v) is 15.3. The molecule has 0 aromatic heterocycles. The summed E-state index contributed by atoms with van der Waals surface area (Å²) in [5.74, 6) is 0.299. The van der Waals surface area contributed by atoms with E-state index in [0.29, 0.717) is 18.0 Å². The molecular formula is C41H33NO3P+. The maximum absolute atomic E-state index is 14.8. The number of nitrogens with zero attached hydrogens (tertiary/aromatic N) is 1. The smallest absolute Gasteiger partial charge is 0.305 e. The quantitative estimate of drug-likeness (QED) is 0.175. The van der Waals surface area contributed by atoms with Crippen LogP contribution in [0.4, 0.5) is 5.69 Å². The Hall–Kier alpha value is -5.18. The molecule has 2 aliphatic heterocycles. The predicted molar refractivity (Wildman–Crippen MR) is 187 cm³/mol. The van der Waals surface area contributed by atoms with Crippen LogP contribution in [-0.2, 0) is 10.6 Å². The van der Waals surface area contributed by atoms with Crippen LogP contribution in [-0.4, -0.2) is 18.1 Å². The van der Waals surface area contributed by atoms with Crippen LogP contribution in [0.2, 0.25) is 0 Å². The van der Waals surface area contributed by atoms with Gasteiger partial charge >= 0.3 is 5.79 Å². The SMILES string of the molecule is O=C1[C@H]([P+](c2ccccc2)(c2ccccc2)c2ccccc2)CCN1c1ccc2c(c1)OC(c1ccccc1)(c1ccccc1)O2. The lowest BCUT2D eigenvalue weighted by atomic mass is 9.97. The van der Waals surface area contributed by atoms with E-state index in [0.717, 1.165) is 23.2 Å². The van der Waals surface area contributed by atoms with Crippen LogP contribution < -0.4 is 30.3 Å². The molecular weight excluding hydrogens is 585 g/mol. The molecule has 1 saturated heterocycles. The van der Waals surface area contributed by atoms with Gasteiger partial charge in [-0.2, -0.15) is 0 Å². The van der Waals surface area contributed by atoms with E-state index in [1.807, 2.05) is 83.8 Å². The fourth-order valence-electron chi connectivity index (χ4n) is 7.13. The highest BCUT2D eigenvalue weighted by molar-refractivity contribution is 7.97. The number of benzene rings is 6. The molecule has 1 atom stereocenters. The third kappa shape index (κ3) is 4.52. The van der Waals surface area contributed by atoms with E-state index in [1.165, 1.54) is 15.9 Å². The number of carbonyl (C=O) groups excluding carboxylic acids is 1. The van der Waals surface area contributed by atoms with Crippen LogP contribution in [0.3, 0.4) is 0 Å². The van der Waals surface area contributed by atoms with Gasteiger partial charge in [-0.25, -0.2) is 0 Å². The van der Waals surface area contributed by atoms with Crippen molar-refractivity contribution in [2.45, 2.75) is 17.9 Å². The van der Waals surface area contributed by atoms with E-state index >= 15 is 0 Å². The Morgan fingerprint density at radius 2 is 0.978 bits per heavy atom. The number of carbonyl (C=O) groups is 1. The molecule has 0 unspecified atom stereocenters. The van der Waals surface area contributed by atoms with Gasteiger partial charge in [-0.15, -0.1) is 0 Å². The molecule has 1 amide bonds. The molecule has 4 nitrogen and oxygen atoms in total. The lowest BCUT2D eigenvalue weighted by molar-refractivity contribution is -0.116. The Bertz CT molecular complexity index is 1830. The summed E-state index contributed by atoms with van der Waals surface area (Å²) in [6.07, 6.45) is 0.748. The minimum Gasteiger partial charge on any atom is -0.440 e. The van der Waals surface area contributed by atoms with Gasteiger partial charge in [-0.3, -0.25) is 4.79 Å². The Labute approximate surface area is 270 Å². The van der Waals surface area contributed by atoms with Crippen molar-refractivity contribution in [3.63, 3.8) is 0 Å². The Kier molecular flexibility index (Phi) is 7.16. The van der Waals surface area contributed by atoms with Crippen molar-refractivity contribution in [2.24, 2.45) is 0 Å². The molecule has 0 radical (unpaired) electrons. The fraction of sp³-hybridized carbons (Fsp3) is 0.0976. The van der Waals surface area contributed by atoms with Crippen molar-refractivity contribution >= 4 is 34.8 Å². The monoisotopic (exact) mass is 618 g/mol. The first kappa shape index (κ1) is 28.3. The number of hydrogen-bond donors (Lipinski definition) is 0. The minimum atomic E-state index is -2.38. The Balaban J connectivity index is 1.20. The first-order valence-corrected chi connectivity index (χ1v) is 17.6. The highest BCUT2D eigenvalue weighted by atomic mass is 31.2. The van der Waals surface area contributed by atoms with Gasteiger partial charge in [0.1, 0.15) is 23.2 Å². The van der Waals surface area contributed by atoms with Gasteiger partial charge in [0.25, 0.3) is 5.91 Å². The average Bonchev–Trinajstić information content (AvgIpc) is 3.72. The summed E-state index contributed by atoms with van der Waals surface area (Å²) in [6.45, 7) is 0.625. The van der Waals surface area contributed by atoms with Gasteiger partial charge in [0.2, 0.25) is 0 Å². The van der Waals surface area contributed by atoms with Crippen molar-refractivity contribution in [3.05, 3.63) is 181 Å². The van der Waals surface area contributed by atoms with Gasteiger partial charge in [-0.05, 0) is 48.5 Å². The molecule has 0 bridgehead atoms. The summed E-state index contributed by atoms with van der Waals surface area (Å²) < 4.78 is 13.4. The molecule has 6 aromatic carbocycles. The number of anilines is 1. The van der Waals surface area contributed by atoms with Gasteiger partial charge < -0.3 is 14.4 Å². The summed E-state index contributed by atoms with van der Waals surface area (Å²) in [7, 11) is -2.38. The molecule has 0 spiro atoms. The van der Waals surface area contributed by atoms with E-state index in [1.54, 1.807) is 0 Å². The summed E-state index contributed by atoms with van der Waals surface area (Å²) >= 11 is 0. The Morgan fingerprint density at radius 3 is 1.46 bits per heavy atom. The van der Waals surface area contributed by atoms with Crippen molar-refractivity contribution in [1.29, 1.82) is 0 Å². The number of hydrogen-bond acceptors (Lipinski definition) is 3. The van der Waals surface area contributed by atoms with Crippen LogP contribution in [0.25, 0.3) is 0 Å². The molecule has 0 saturated carbocycles. The first-order valence-electron chi connectivity index (χ1n) is 15.7. The summed E-state index contributed by atoms with van der Waals surface area (Å²) in [5.41, 5.74) is 2.41. The zero-order valence-electron chi connectivity index (χ0n) is 25.3. The van der Waals surface area contributed by atoms with Crippen molar-refractivity contribution in [1.82, 2.24) is 0 Å². The lowest BCUT2D eigenvalue weighted by Crippen LogP contribution is -2.42. The highest BCUT2D eigenvalue weighted by Crippen LogP contribution is 2.62. The summed E-state index contributed by atoms with van der Waals surface area (Å²) in [5, 5.41) is 3.65. The Morgan fingerprint density at radius 1 is 0.543 bits per heavy atom. The molecule has 1 fully saturated rings. The van der Waals surface area contributed by atoms with Crippen LogP contribution in [0, 0.1) is 0 Å². The molecule has 0 N–H and O–H groups in total. The average molecular weight is 619 g/mol. The zero-order chi connectivity index (χ0) is 31.0. The van der Waals surface area contributed by atoms with Crippen molar-refractivity contribution in [3.8, 4) is 11.5 Å². The largest absolute Gasteiger partial charge is 0.440 e. The van der Waals surface area contributed by atoms with E-state index in [4.69, 9.17) is 9.47 Å². The topological polar surface area (TPSA) is 38.8 Å². The van der Waals surface area contributed by atoms with E-state index in [-0.39, 0.29) is 11.6 Å². The van der Waals surface area contributed by atoms with Crippen LogP contribution in [0.5, 0.6) is 11.5 Å². The normalized spacial score (nSPS) is 16.8. The molecule has 0 aliphatic carbocycles. The van der Waals surface area contributed by atoms with Gasteiger partial charge in [0.05, 0.1) is 0 Å². The van der Waals surface area contributed by atoms with Crippen LogP contribution in [0.15, 0.2) is 170 Å². The number of rotatable bonds is 7. The molecule has 224 valence electrons. The van der Waals surface area contributed by atoms with Crippen molar-refractivity contribution < 1.29 is 14.3 Å². The summed E-state index contributed by atoms with van der Waals surface area (Å²) in [4.78, 5) is 16.8. The maximum Gasteiger partial charge on any atom is 0.305 e. The standard InChI is InChI=1S/C41H33NO3P/c43-40-39(46(34-20-10-3-11-21-34,35-22-12-4-13-23-35)36-24-14-5-15-25-36)28-29-42(40)33-26-27-37-38(30-33)45-41(44-37,31-16-6-1-7-17-31)32-18-8-2-9-19-32/h1-27,30,39H,28-29H2/q+1/t39-/m1/s1. The molecule has 8 rings (SSSR count). The van der Waals surface area contributed by atoms with E-state index in [2.05, 4.69) is 91.0 Å². The maximum atomic E-state index is 14.8.